The lowest BCUT2D eigenvalue weighted by Crippen LogP contribution is -2.46. The maximum absolute atomic E-state index is 12.0. The molecule has 0 unspecified atom stereocenters. The number of nitrogens with one attached hydrogen (secondary N) is 2. The second-order valence-corrected chi connectivity index (χ2v) is 6.21. The van der Waals surface area contributed by atoms with Crippen LogP contribution < -0.4 is 10.6 Å². The SMILES string of the molecule is CC(=O)c1cc(C(=O)OCC(=O)NC(=O)NC2CCCCC2)n(C)c1. The smallest absolute Gasteiger partial charge is 0.355 e. The Morgan fingerprint density at radius 3 is 2.48 bits per heavy atom. The van der Waals surface area contributed by atoms with E-state index < -0.39 is 24.5 Å². The van der Waals surface area contributed by atoms with Crippen molar-refractivity contribution in [2.24, 2.45) is 7.05 Å². The molecule has 1 fully saturated rings. The summed E-state index contributed by atoms with van der Waals surface area (Å²) in [6.07, 6.45) is 6.62. The molecule has 0 radical (unpaired) electrons. The van der Waals surface area contributed by atoms with Gasteiger partial charge in [0.05, 0.1) is 0 Å². The summed E-state index contributed by atoms with van der Waals surface area (Å²) < 4.78 is 6.34. The Balaban J connectivity index is 1.78. The van der Waals surface area contributed by atoms with Crippen LogP contribution in [0.4, 0.5) is 4.79 Å². The zero-order valence-electron chi connectivity index (χ0n) is 14.5. The highest BCUT2D eigenvalue weighted by Crippen LogP contribution is 2.17. The first-order valence-corrected chi connectivity index (χ1v) is 8.31. The molecular formula is C17H23N3O5. The van der Waals surface area contributed by atoms with Crippen LogP contribution in [0.25, 0.3) is 0 Å². The van der Waals surface area contributed by atoms with Crippen molar-refractivity contribution < 1.29 is 23.9 Å². The Kier molecular flexibility index (Phi) is 6.32. The lowest BCUT2D eigenvalue weighted by molar-refractivity contribution is -0.123. The highest BCUT2D eigenvalue weighted by Gasteiger charge is 2.19. The first-order valence-electron chi connectivity index (χ1n) is 8.31. The number of hydrogen-bond acceptors (Lipinski definition) is 5. The van der Waals surface area contributed by atoms with Gasteiger partial charge in [-0.1, -0.05) is 19.3 Å². The van der Waals surface area contributed by atoms with Gasteiger partial charge in [-0.05, 0) is 25.8 Å². The Bertz CT molecular complexity index is 674. The fraction of sp³-hybridized carbons (Fsp3) is 0.529. The lowest BCUT2D eigenvalue weighted by atomic mass is 9.96. The van der Waals surface area contributed by atoms with E-state index in [9.17, 15) is 19.2 Å². The first kappa shape index (κ1) is 18.7. The number of rotatable bonds is 5. The van der Waals surface area contributed by atoms with Crippen molar-refractivity contribution in [3.05, 3.63) is 23.5 Å². The van der Waals surface area contributed by atoms with Crippen LogP contribution in [0.3, 0.4) is 0 Å². The third-order valence-electron chi connectivity index (χ3n) is 4.15. The number of ketones is 1. The van der Waals surface area contributed by atoms with Crippen LogP contribution in [-0.2, 0) is 16.6 Å². The van der Waals surface area contributed by atoms with Gasteiger partial charge in [-0.3, -0.25) is 14.9 Å². The molecule has 8 heteroatoms. The molecule has 2 rings (SSSR count). The maximum atomic E-state index is 12.0. The van der Waals surface area contributed by atoms with Crippen LogP contribution in [0.2, 0.25) is 0 Å². The number of esters is 1. The number of nitrogens with zero attached hydrogens (tertiary/aromatic N) is 1. The van der Waals surface area contributed by atoms with Crippen LogP contribution in [-0.4, -0.2) is 40.9 Å². The molecule has 0 aliphatic heterocycles. The van der Waals surface area contributed by atoms with E-state index in [0.29, 0.717) is 5.56 Å². The molecule has 1 aromatic rings. The molecule has 1 aliphatic carbocycles. The largest absolute Gasteiger partial charge is 0.451 e. The number of carbonyl (C=O) groups is 4. The van der Waals surface area contributed by atoms with Gasteiger partial charge in [0.1, 0.15) is 5.69 Å². The number of aryl methyl sites for hydroxylation is 1. The maximum Gasteiger partial charge on any atom is 0.355 e. The third-order valence-corrected chi connectivity index (χ3v) is 4.15. The van der Waals surface area contributed by atoms with Crippen molar-refractivity contribution in [1.29, 1.82) is 0 Å². The molecule has 0 atom stereocenters. The van der Waals surface area contributed by atoms with E-state index in [1.54, 1.807) is 7.05 Å². The van der Waals surface area contributed by atoms with Crippen LogP contribution in [0.5, 0.6) is 0 Å². The second-order valence-electron chi connectivity index (χ2n) is 6.21. The highest BCUT2D eigenvalue weighted by molar-refractivity contribution is 5.99. The average molecular weight is 349 g/mol. The molecule has 136 valence electrons. The summed E-state index contributed by atoms with van der Waals surface area (Å²) in [5.41, 5.74) is 0.537. The molecule has 1 aliphatic rings. The van der Waals surface area contributed by atoms with Gasteiger partial charge in [0.25, 0.3) is 5.91 Å². The van der Waals surface area contributed by atoms with Crippen molar-refractivity contribution in [2.45, 2.75) is 45.1 Å². The minimum Gasteiger partial charge on any atom is -0.451 e. The fourth-order valence-corrected chi connectivity index (χ4v) is 2.80. The summed E-state index contributed by atoms with van der Waals surface area (Å²) in [5.74, 6) is -1.62. The molecule has 0 aromatic carbocycles. The van der Waals surface area contributed by atoms with Crippen molar-refractivity contribution in [3.8, 4) is 0 Å². The Labute approximate surface area is 145 Å². The van der Waals surface area contributed by atoms with E-state index >= 15 is 0 Å². The number of Topliss-reactive ketones (excluding diaryl/α,β-unsaturated/α-hetero) is 1. The minimum atomic E-state index is -0.738. The number of hydrogen-bond donors (Lipinski definition) is 2. The normalized spacial score (nSPS) is 14.6. The Morgan fingerprint density at radius 1 is 1.20 bits per heavy atom. The van der Waals surface area contributed by atoms with Crippen molar-refractivity contribution in [1.82, 2.24) is 15.2 Å². The van der Waals surface area contributed by atoms with Crippen LogP contribution in [0.15, 0.2) is 12.3 Å². The molecule has 1 heterocycles. The highest BCUT2D eigenvalue weighted by atomic mass is 16.5. The quantitative estimate of drug-likeness (QED) is 0.619. The molecule has 1 saturated carbocycles. The number of imide groups is 1. The van der Waals surface area contributed by atoms with Crippen LogP contribution in [0, 0.1) is 0 Å². The molecule has 0 spiro atoms. The predicted molar refractivity (Wildman–Crippen MR) is 89.2 cm³/mol. The zero-order valence-corrected chi connectivity index (χ0v) is 14.5. The van der Waals surface area contributed by atoms with E-state index in [2.05, 4.69) is 10.6 Å². The van der Waals surface area contributed by atoms with Gasteiger partial charge in [-0.15, -0.1) is 0 Å². The van der Waals surface area contributed by atoms with Gasteiger partial charge >= 0.3 is 12.0 Å². The fourth-order valence-electron chi connectivity index (χ4n) is 2.80. The molecule has 0 saturated heterocycles. The number of urea groups is 1. The van der Waals surface area contributed by atoms with Gasteiger partial charge in [-0.25, -0.2) is 9.59 Å². The van der Waals surface area contributed by atoms with Gasteiger partial charge in [0.2, 0.25) is 0 Å². The molecule has 8 nitrogen and oxygen atoms in total. The molecule has 25 heavy (non-hydrogen) atoms. The van der Waals surface area contributed by atoms with E-state index in [-0.39, 0.29) is 17.5 Å². The number of amides is 3. The third kappa shape index (κ3) is 5.44. The Morgan fingerprint density at radius 2 is 1.88 bits per heavy atom. The summed E-state index contributed by atoms with van der Waals surface area (Å²) in [5, 5.41) is 4.89. The molecule has 2 N–H and O–H groups in total. The number of aromatic nitrogens is 1. The van der Waals surface area contributed by atoms with Crippen molar-refractivity contribution >= 4 is 23.7 Å². The van der Waals surface area contributed by atoms with Crippen LogP contribution >= 0.6 is 0 Å². The van der Waals surface area contributed by atoms with Gasteiger partial charge in [-0.2, -0.15) is 0 Å². The molecular weight excluding hydrogens is 326 g/mol. The van der Waals surface area contributed by atoms with E-state index in [1.165, 1.54) is 30.2 Å². The number of carbonyl (C=O) groups excluding carboxylic acids is 4. The first-order chi connectivity index (χ1) is 11.9. The summed E-state index contributed by atoms with van der Waals surface area (Å²) >= 11 is 0. The Hall–Kier alpha value is -2.64. The lowest BCUT2D eigenvalue weighted by Gasteiger charge is -2.22. The van der Waals surface area contributed by atoms with Crippen molar-refractivity contribution in [2.75, 3.05) is 6.61 Å². The zero-order chi connectivity index (χ0) is 18.4. The molecule has 0 bridgehead atoms. The molecule has 1 aromatic heterocycles. The van der Waals surface area contributed by atoms with E-state index in [1.807, 2.05) is 0 Å². The van der Waals surface area contributed by atoms with E-state index in [4.69, 9.17) is 4.74 Å². The summed E-state index contributed by atoms with van der Waals surface area (Å²) in [6.45, 7) is 0.820. The summed E-state index contributed by atoms with van der Waals surface area (Å²) in [4.78, 5) is 46.7. The van der Waals surface area contributed by atoms with Gasteiger partial charge in [0.15, 0.2) is 12.4 Å². The van der Waals surface area contributed by atoms with E-state index in [0.717, 1.165) is 25.7 Å². The molecule has 3 amide bonds. The standard InChI is InChI=1S/C17H23N3O5/c1-11(21)12-8-14(20(2)9-12)16(23)25-10-15(22)19-17(24)18-13-6-4-3-5-7-13/h8-9,13H,3-7,10H2,1-2H3,(H2,18,19,22,24). The average Bonchev–Trinajstić information content (AvgIpc) is 2.95. The minimum absolute atomic E-state index is 0.0810. The predicted octanol–water partition coefficient (Wildman–Crippen LogP) is 1.54. The summed E-state index contributed by atoms with van der Waals surface area (Å²) in [7, 11) is 1.60. The van der Waals surface area contributed by atoms with Crippen molar-refractivity contribution in [3.63, 3.8) is 0 Å². The van der Waals surface area contributed by atoms with Crippen LogP contribution in [0.1, 0.15) is 59.9 Å². The monoisotopic (exact) mass is 349 g/mol. The summed E-state index contributed by atoms with van der Waals surface area (Å²) in [6, 6.07) is 0.904. The number of ether oxygens (including phenoxy) is 1. The van der Waals surface area contributed by atoms with Gasteiger partial charge < -0.3 is 14.6 Å². The second kappa shape index (κ2) is 8.46. The topological polar surface area (TPSA) is 106 Å². The van der Waals surface area contributed by atoms with Gasteiger partial charge in [0, 0.05) is 24.8 Å².